The van der Waals surface area contributed by atoms with Crippen LogP contribution >= 0.6 is 0 Å². The Morgan fingerprint density at radius 3 is 2.81 bits per heavy atom. The summed E-state index contributed by atoms with van der Waals surface area (Å²) in [5.41, 5.74) is 0.983. The van der Waals surface area contributed by atoms with Gasteiger partial charge < -0.3 is 14.6 Å². The maximum atomic E-state index is 11.2. The highest BCUT2D eigenvalue weighted by Gasteiger charge is 2.13. The van der Waals surface area contributed by atoms with E-state index in [4.69, 9.17) is 9.47 Å². The maximum Gasteiger partial charge on any atom is 0.339 e. The van der Waals surface area contributed by atoms with Crippen molar-refractivity contribution in [2.75, 3.05) is 6.61 Å². The lowest BCUT2D eigenvalue weighted by Gasteiger charge is -2.11. The van der Waals surface area contributed by atoms with E-state index in [2.05, 4.69) is 4.98 Å². The Balaban J connectivity index is 2.16. The van der Waals surface area contributed by atoms with Crippen LogP contribution in [-0.2, 0) is 6.61 Å². The molecule has 0 saturated heterocycles. The fourth-order valence-corrected chi connectivity index (χ4v) is 1.75. The lowest BCUT2D eigenvalue weighted by atomic mass is 10.2. The molecule has 0 unspecified atom stereocenters. The van der Waals surface area contributed by atoms with Gasteiger partial charge in [-0.05, 0) is 24.6 Å². The van der Waals surface area contributed by atoms with Crippen molar-refractivity contribution in [2.24, 2.45) is 0 Å². The second-order valence-corrected chi connectivity index (χ2v) is 4.46. The Labute approximate surface area is 123 Å². The fraction of sp³-hybridized carbons (Fsp3) is 0.250. The van der Waals surface area contributed by atoms with E-state index in [0.717, 1.165) is 12.0 Å². The second kappa shape index (κ2) is 7.28. The van der Waals surface area contributed by atoms with Crippen LogP contribution < -0.4 is 9.47 Å². The lowest BCUT2D eigenvalue weighted by molar-refractivity contribution is 0.0691. The Bertz CT molecular complexity index is 598. The number of aromatic carboxylic acids is 1. The number of carboxylic acids is 1. The number of hydrogen-bond acceptors (Lipinski definition) is 4. The van der Waals surface area contributed by atoms with Crippen LogP contribution in [0.2, 0.25) is 0 Å². The van der Waals surface area contributed by atoms with Crippen molar-refractivity contribution in [3.05, 3.63) is 53.9 Å². The first-order valence-electron chi connectivity index (χ1n) is 6.72. The molecule has 0 radical (unpaired) electrons. The van der Waals surface area contributed by atoms with Gasteiger partial charge in [-0.3, -0.25) is 4.98 Å². The zero-order valence-corrected chi connectivity index (χ0v) is 11.8. The van der Waals surface area contributed by atoms with Crippen molar-refractivity contribution in [3.8, 4) is 11.5 Å². The monoisotopic (exact) mass is 287 g/mol. The predicted octanol–water partition coefficient (Wildman–Crippen LogP) is 3.15. The predicted molar refractivity (Wildman–Crippen MR) is 77.8 cm³/mol. The van der Waals surface area contributed by atoms with Gasteiger partial charge in [0.15, 0.2) is 0 Å². The van der Waals surface area contributed by atoms with Crippen molar-refractivity contribution in [2.45, 2.75) is 20.0 Å². The van der Waals surface area contributed by atoms with Crippen LogP contribution in [0, 0.1) is 0 Å². The number of pyridine rings is 1. The molecule has 2 rings (SSSR count). The number of rotatable bonds is 7. The SMILES string of the molecule is CCCOc1ccc(C(=O)O)c(OCc2cccnc2)c1. The van der Waals surface area contributed by atoms with E-state index in [1.54, 1.807) is 30.6 Å². The highest BCUT2D eigenvalue weighted by Crippen LogP contribution is 2.26. The summed E-state index contributed by atoms with van der Waals surface area (Å²) in [4.78, 5) is 15.2. The van der Waals surface area contributed by atoms with Gasteiger partial charge in [0.1, 0.15) is 23.7 Å². The van der Waals surface area contributed by atoms with Crippen LogP contribution in [0.5, 0.6) is 11.5 Å². The molecule has 0 aliphatic rings. The molecule has 0 fully saturated rings. The van der Waals surface area contributed by atoms with E-state index in [1.165, 1.54) is 6.07 Å². The summed E-state index contributed by atoms with van der Waals surface area (Å²) in [7, 11) is 0. The van der Waals surface area contributed by atoms with E-state index in [-0.39, 0.29) is 12.2 Å². The smallest absolute Gasteiger partial charge is 0.339 e. The summed E-state index contributed by atoms with van der Waals surface area (Å²) in [5, 5.41) is 9.20. The zero-order chi connectivity index (χ0) is 15.1. The molecule has 2 aromatic rings. The first-order valence-corrected chi connectivity index (χ1v) is 6.72. The minimum Gasteiger partial charge on any atom is -0.493 e. The minimum absolute atomic E-state index is 0.114. The second-order valence-electron chi connectivity index (χ2n) is 4.46. The molecule has 5 nitrogen and oxygen atoms in total. The van der Waals surface area contributed by atoms with Gasteiger partial charge in [0.2, 0.25) is 0 Å². The molecular formula is C16H17NO4. The van der Waals surface area contributed by atoms with Gasteiger partial charge in [0.25, 0.3) is 0 Å². The number of nitrogens with zero attached hydrogens (tertiary/aromatic N) is 1. The molecule has 0 bridgehead atoms. The Kier molecular flexibility index (Phi) is 5.15. The van der Waals surface area contributed by atoms with Gasteiger partial charge in [-0.2, -0.15) is 0 Å². The summed E-state index contributed by atoms with van der Waals surface area (Å²) in [6, 6.07) is 8.40. The third kappa shape index (κ3) is 4.21. The third-order valence-electron chi connectivity index (χ3n) is 2.77. The highest BCUT2D eigenvalue weighted by atomic mass is 16.5. The molecule has 1 aromatic carbocycles. The van der Waals surface area contributed by atoms with Gasteiger partial charge in [0.05, 0.1) is 6.61 Å². The van der Waals surface area contributed by atoms with E-state index in [9.17, 15) is 9.90 Å². The molecule has 1 heterocycles. The van der Waals surface area contributed by atoms with Crippen molar-refractivity contribution < 1.29 is 19.4 Å². The van der Waals surface area contributed by atoms with Gasteiger partial charge in [-0.25, -0.2) is 4.79 Å². The maximum absolute atomic E-state index is 11.2. The largest absolute Gasteiger partial charge is 0.493 e. The average Bonchev–Trinajstić information content (AvgIpc) is 2.51. The van der Waals surface area contributed by atoms with Gasteiger partial charge in [-0.1, -0.05) is 13.0 Å². The van der Waals surface area contributed by atoms with Crippen molar-refractivity contribution in [3.63, 3.8) is 0 Å². The fourth-order valence-electron chi connectivity index (χ4n) is 1.75. The van der Waals surface area contributed by atoms with Gasteiger partial charge in [0, 0.05) is 24.0 Å². The molecule has 21 heavy (non-hydrogen) atoms. The first-order chi connectivity index (χ1) is 10.2. The normalized spacial score (nSPS) is 10.1. The first kappa shape index (κ1) is 14.8. The molecule has 0 aliphatic heterocycles. The van der Waals surface area contributed by atoms with Crippen LogP contribution in [-0.4, -0.2) is 22.7 Å². The summed E-state index contributed by atoms with van der Waals surface area (Å²) >= 11 is 0. The standard InChI is InChI=1S/C16H17NO4/c1-2-8-20-13-5-6-14(16(18)19)15(9-13)21-11-12-4-3-7-17-10-12/h3-7,9-10H,2,8,11H2,1H3,(H,18,19). The summed E-state index contributed by atoms with van der Waals surface area (Å²) < 4.78 is 11.1. The molecule has 1 N–H and O–H groups in total. The molecule has 110 valence electrons. The molecule has 0 saturated carbocycles. The van der Waals surface area contributed by atoms with Crippen LogP contribution in [0.1, 0.15) is 29.3 Å². The molecule has 5 heteroatoms. The quantitative estimate of drug-likeness (QED) is 0.847. The molecule has 0 atom stereocenters. The molecule has 1 aromatic heterocycles. The van der Waals surface area contributed by atoms with E-state index < -0.39 is 5.97 Å². The minimum atomic E-state index is -1.03. The van der Waals surface area contributed by atoms with E-state index >= 15 is 0 Å². The Morgan fingerprint density at radius 2 is 2.14 bits per heavy atom. The number of hydrogen-bond donors (Lipinski definition) is 1. The number of carbonyl (C=O) groups is 1. The van der Waals surface area contributed by atoms with Crippen LogP contribution in [0.3, 0.4) is 0 Å². The lowest BCUT2D eigenvalue weighted by Crippen LogP contribution is -2.04. The van der Waals surface area contributed by atoms with E-state index in [0.29, 0.717) is 18.1 Å². The Hall–Kier alpha value is -2.56. The van der Waals surface area contributed by atoms with Gasteiger partial charge >= 0.3 is 5.97 Å². The van der Waals surface area contributed by atoms with E-state index in [1.807, 2.05) is 13.0 Å². The van der Waals surface area contributed by atoms with Crippen molar-refractivity contribution >= 4 is 5.97 Å². The van der Waals surface area contributed by atoms with Crippen LogP contribution in [0.15, 0.2) is 42.7 Å². The molecule has 0 amide bonds. The number of aromatic nitrogens is 1. The van der Waals surface area contributed by atoms with Crippen LogP contribution in [0.4, 0.5) is 0 Å². The number of carboxylic acid groups (broad SMARTS) is 1. The third-order valence-corrected chi connectivity index (χ3v) is 2.77. The van der Waals surface area contributed by atoms with Crippen molar-refractivity contribution in [1.29, 1.82) is 0 Å². The number of ether oxygens (including phenoxy) is 2. The topological polar surface area (TPSA) is 68.7 Å². The summed E-state index contributed by atoms with van der Waals surface area (Å²) in [5.74, 6) is -0.138. The van der Waals surface area contributed by atoms with Gasteiger partial charge in [-0.15, -0.1) is 0 Å². The highest BCUT2D eigenvalue weighted by molar-refractivity contribution is 5.91. The Morgan fingerprint density at radius 1 is 1.29 bits per heavy atom. The zero-order valence-electron chi connectivity index (χ0n) is 11.8. The van der Waals surface area contributed by atoms with Crippen molar-refractivity contribution in [1.82, 2.24) is 4.98 Å². The molecular weight excluding hydrogens is 270 g/mol. The summed E-state index contributed by atoms with van der Waals surface area (Å²) in [6.45, 7) is 2.84. The summed E-state index contributed by atoms with van der Waals surface area (Å²) in [6.07, 6.45) is 4.23. The average molecular weight is 287 g/mol. The van der Waals surface area contributed by atoms with Crippen LogP contribution in [0.25, 0.3) is 0 Å². The molecule has 0 spiro atoms. The number of benzene rings is 1. The molecule has 0 aliphatic carbocycles.